The first-order chi connectivity index (χ1) is 9.56. The summed E-state index contributed by atoms with van der Waals surface area (Å²) in [6.07, 6.45) is 2.60. The SMILES string of the molecule is CC(NCCCS(C)=O)c1ccc2c(c1)NC(=O)CO2. The van der Waals surface area contributed by atoms with Gasteiger partial charge in [0.15, 0.2) is 6.61 Å². The van der Waals surface area contributed by atoms with E-state index in [0.717, 1.165) is 24.2 Å². The molecule has 1 aromatic carbocycles. The maximum absolute atomic E-state index is 11.3. The fourth-order valence-electron chi connectivity index (χ4n) is 2.08. The van der Waals surface area contributed by atoms with Crippen LogP contribution in [0, 0.1) is 0 Å². The third-order valence-electron chi connectivity index (χ3n) is 3.20. The van der Waals surface area contributed by atoms with Crippen LogP contribution in [-0.2, 0) is 15.6 Å². The first-order valence-corrected chi connectivity index (χ1v) is 8.39. The molecule has 2 N–H and O–H groups in total. The average Bonchev–Trinajstić information content (AvgIpc) is 2.42. The fourth-order valence-corrected chi connectivity index (χ4v) is 2.63. The van der Waals surface area contributed by atoms with Crippen molar-refractivity contribution in [2.45, 2.75) is 19.4 Å². The van der Waals surface area contributed by atoms with E-state index in [0.29, 0.717) is 11.5 Å². The zero-order chi connectivity index (χ0) is 14.5. The minimum absolute atomic E-state index is 0.0777. The number of hydrogen-bond donors (Lipinski definition) is 2. The number of hydrogen-bond acceptors (Lipinski definition) is 4. The number of carbonyl (C=O) groups excluding carboxylic acids is 1. The molecule has 2 atom stereocenters. The Balaban J connectivity index is 1.93. The van der Waals surface area contributed by atoms with Crippen LogP contribution in [-0.4, -0.2) is 35.3 Å². The number of ether oxygens (including phenoxy) is 1. The van der Waals surface area contributed by atoms with Gasteiger partial charge in [-0.25, -0.2) is 0 Å². The molecule has 2 unspecified atom stereocenters. The minimum atomic E-state index is -0.735. The number of benzene rings is 1. The lowest BCUT2D eigenvalue weighted by molar-refractivity contribution is -0.118. The number of anilines is 1. The molecule has 0 saturated heterocycles. The average molecular weight is 296 g/mol. The predicted octanol–water partition coefficient (Wildman–Crippen LogP) is 1.44. The van der Waals surface area contributed by atoms with Crippen molar-refractivity contribution in [2.75, 3.05) is 30.5 Å². The Hall–Kier alpha value is -1.40. The molecule has 2 rings (SSSR count). The summed E-state index contributed by atoms with van der Waals surface area (Å²) in [4.78, 5) is 11.3. The maximum atomic E-state index is 11.3. The third-order valence-corrected chi connectivity index (χ3v) is 4.06. The van der Waals surface area contributed by atoms with Crippen molar-refractivity contribution in [3.63, 3.8) is 0 Å². The van der Waals surface area contributed by atoms with Gasteiger partial charge in [-0.2, -0.15) is 0 Å². The van der Waals surface area contributed by atoms with Crippen molar-refractivity contribution in [3.8, 4) is 5.75 Å². The van der Waals surface area contributed by atoms with E-state index in [4.69, 9.17) is 4.74 Å². The lowest BCUT2D eigenvalue weighted by Gasteiger charge is -2.21. The van der Waals surface area contributed by atoms with E-state index in [1.165, 1.54) is 0 Å². The zero-order valence-electron chi connectivity index (χ0n) is 11.8. The van der Waals surface area contributed by atoms with Crippen LogP contribution in [0.15, 0.2) is 18.2 Å². The van der Waals surface area contributed by atoms with Gasteiger partial charge in [-0.15, -0.1) is 0 Å². The number of carbonyl (C=O) groups is 1. The van der Waals surface area contributed by atoms with Crippen LogP contribution in [0.1, 0.15) is 24.9 Å². The van der Waals surface area contributed by atoms with E-state index in [2.05, 4.69) is 17.6 Å². The third kappa shape index (κ3) is 4.05. The van der Waals surface area contributed by atoms with Gasteiger partial charge in [0.05, 0.1) is 5.69 Å². The molecule has 5 nitrogen and oxygen atoms in total. The summed E-state index contributed by atoms with van der Waals surface area (Å²) in [5.74, 6) is 1.30. The molecule has 1 heterocycles. The number of amides is 1. The van der Waals surface area contributed by atoms with Crippen LogP contribution >= 0.6 is 0 Å². The van der Waals surface area contributed by atoms with Gasteiger partial charge in [0, 0.05) is 28.9 Å². The van der Waals surface area contributed by atoms with E-state index in [9.17, 15) is 9.00 Å². The smallest absolute Gasteiger partial charge is 0.262 e. The Morgan fingerprint density at radius 1 is 1.50 bits per heavy atom. The fraction of sp³-hybridized carbons (Fsp3) is 0.500. The summed E-state index contributed by atoms with van der Waals surface area (Å²) < 4.78 is 16.3. The van der Waals surface area contributed by atoms with Crippen molar-refractivity contribution in [1.82, 2.24) is 5.32 Å². The quantitative estimate of drug-likeness (QED) is 0.780. The standard InChI is InChI=1S/C14H20N2O3S/c1-10(15-6-3-7-20(2)18)11-4-5-13-12(8-11)16-14(17)9-19-13/h4-5,8,10,15H,3,6-7,9H2,1-2H3,(H,16,17). The second kappa shape index (κ2) is 6.85. The largest absolute Gasteiger partial charge is 0.482 e. The Morgan fingerprint density at radius 2 is 2.30 bits per heavy atom. The molecule has 0 bridgehead atoms. The Bertz CT molecular complexity index is 519. The van der Waals surface area contributed by atoms with E-state index < -0.39 is 10.8 Å². The van der Waals surface area contributed by atoms with E-state index >= 15 is 0 Å². The summed E-state index contributed by atoms with van der Waals surface area (Å²) in [7, 11) is -0.735. The molecule has 0 saturated carbocycles. The van der Waals surface area contributed by atoms with Crippen molar-refractivity contribution in [1.29, 1.82) is 0 Å². The molecule has 1 amide bonds. The molecule has 110 valence electrons. The first-order valence-electron chi connectivity index (χ1n) is 6.66. The maximum Gasteiger partial charge on any atom is 0.262 e. The summed E-state index contributed by atoms with van der Waals surface area (Å²) in [6.45, 7) is 2.96. The Morgan fingerprint density at radius 3 is 3.05 bits per heavy atom. The highest BCUT2D eigenvalue weighted by Crippen LogP contribution is 2.30. The number of nitrogens with one attached hydrogen (secondary N) is 2. The van der Waals surface area contributed by atoms with Crippen LogP contribution in [0.5, 0.6) is 5.75 Å². The molecule has 0 fully saturated rings. The second-order valence-corrected chi connectivity index (χ2v) is 6.45. The summed E-state index contributed by atoms with van der Waals surface area (Å²) >= 11 is 0. The van der Waals surface area contributed by atoms with Crippen molar-refractivity contribution < 1.29 is 13.7 Å². The second-order valence-electron chi connectivity index (χ2n) is 4.90. The molecule has 0 aromatic heterocycles. The normalized spacial score (nSPS) is 16.8. The van der Waals surface area contributed by atoms with E-state index in [1.807, 2.05) is 18.2 Å². The summed E-state index contributed by atoms with van der Waals surface area (Å²) in [5, 5.41) is 6.19. The van der Waals surface area contributed by atoms with Gasteiger partial charge in [-0.05, 0) is 37.6 Å². The lowest BCUT2D eigenvalue weighted by atomic mass is 10.1. The van der Waals surface area contributed by atoms with Crippen molar-refractivity contribution >= 4 is 22.4 Å². The number of rotatable bonds is 6. The Labute approximate surface area is 121 Å². The summed E-state index contributed by atoms with van der Waals surface area (Å²) in [5.41, 5.74) is 1.81. The zero-order valence-corrected chi connectivity index (χ0v) is 12.6. The van der Waals surface area contributed by atoms with Crippen LogP contribution in [0.4, 0.5) is 5.69 Å². The monoisotopic (exact) mass is 296 g/mol. The van der Waals surface area contributed by atoms with Crippen LogP contribution in [0.2, 0.25) is 0 Å². The molecule has 1 aromatic rings. The molecule has 20 heavy (non-hydrogen) atoms. The van der Waals surface area contributed by atoms with Gasteiger partial charge in [0.25, 0.3) is 5.91 Å². The molecule has 6 heteroatoms. The van der Waals surface area contributed by atoms with Gasteiger partial charge in [0.1, 0.15) is 5.75 Å². The van der Waals surface area contributed by atoms with Crippen LogP contribution in [0.25, 0.3) is 0 Å². The lowest BCUT2D eigenvalue weighted by Crippen LogP contribution is -2.26. The first kappa shape index (κ1) is 15.0. The van der Waals surface area contributed by atoms with E-state index in [1.54, 1.807) is 6.26 Å². The predicted molar refractivity (Wildman–Crippen MR) is 80.5 cm³/mol. The highest BCUT2D eigenvalue weighted by Gasteiger charge is 2.17. The van der Waals surface area contributed by atoms with Gasteiger partial charge in [-0.1, -0.05) is 6.07 Å². The minimum Gasteiger partial charge on any atom is -0.482 e. The van der Waals surface area contributed by atoms with Crippen molar-refractivity contribution in [2.24, 2.45) is 0 Å². The highest BCUT2D eigenvalue weighted by atomic mass is 32.2. The molecular formula is C14H20N2O3S. The molecule has 0 radical (unpaired) electrons. The van der Waals surface area contributed by atoms with Gasteiger partial charge in [-0.3, -0.25) is 9.00 Å². The molecule has 1 aliphatic rings. The van der Waals surface area contributed by atoms with Crippen LogP contribution < -0.4 is 15.4 Å². The van der Waals surface area contributed by atoms with Gasteiger partial charge >= 0.3 is 0 Å². The Kier molecular flexibility index (Phi) is 5.14. The van der Waals surface area contributed by atoms with Gasteiger partial charge in [0.2, 0.25) is 0 Å². The molecular weight excluding hydrogens is 276 g/mol. The topological polar surface area (TPSA) is 67.4 Å². The summed E-state index contributed by atoms with van der Waals surface area (Å²) in [6, 6.07) is 5.97. The molecule has 0 spiro atoms. The van der Waals surface area contributed by atoms with Crippen molar-refractivity contribution in [3.05, 3.63) is 23.8 Å². The van der Waals surface area contributed by atoms with E-state index in [-0.39, 0.29) is 18.6 Å². The highest BCUT2D eigenvalue weighted by molar-refractivity contribution is 7.84. The molecule has 1 aliphatic heterocycles. The number of fused-ring (bicyclic) bond motifs is 1. The van der Waals surface area contributed by atoms with Crippen LogP contribution in [0.3, 0.4) is 0 Å². The van der Waals surface area contributed by atoms with Gasteiger partial charge < -0.3 is 15.4 Å². The molecule has 0 aliphatic carbocycles.